The molecule has 2 fully saturated rings. The highest BCUT2D eigenvalue weighted by Gasteiger charge is 2.28. The predicted molar refractivity (Wildman–Crippen MR) is 96.3 cm³/mol. The minimum absolute atomic E-state index is 0.0401. The first-order chi connectivity index (χ1) is 11.7. The molecule has 2 aliphatic rings. The quantitative estimate of drug-likeness (QED) is 0.711. The van der Waals surface area contributed by atoms with E-state index in [0.29, 0.717) is 23.1 Å². The van der Waals surface area contributed by atoms with Crippen molar-refractivity contribution in [2.45, 2.75) is 48.7 Å². The summed E-state index contributed by atoms with van der Waals surface area (Å²) in [6, 6.07) is 9.81. The van der Waals surface area contributed by atoms with Gasteiger partial charge in [-0.15, -0.1) is 11.8 Å². The lowest BCUT2D eigenvalue weighted by Gasteiger charge is -2.10. The zero-order valence-electron chi connectivity index (χ0n) is 14.0. The van der Waals surface area contributed by atoms with Crippen LogP contribution in [0, 0.1) is 6.92 Å². The minimum Gasteiger partial charge on any atom is -0.481 e. The fraction of sp³-hybridized carbons (Fsp3) is 0.400. The summed E-state index contributed by atoms with van der Waals surface area (Å²) >= 11 is 1.92. The van der Waals surface area contributed by atoms with Crippen molar-refractivity contribution in [1.82, 2.24) is 4.98 Å². The van der Waals surface area contributed by atoms with E-state index in [1.54, 1.807) is 7.11 Å². The van der Waals surface area contributed by atoms with Crippen LogP contribution in [0.5, 0.6) is 5.88 Å². The molecule has 124 valence electrons. The van der Waals surface area contributed by atoms with Gasteiger partial charge in [0.2, 0.25) is 11.7 Å². The lowest BCUT2D eigenvalue weighted by molar-refractivity contribution is 0.103. The van der Waals surface area contributed by atoms with Crippen LogP contribution in [0.25, 0.3) is 0 Å². The van der Waals surface area contributed by atoms with E-state index >= 15 is 0 Å². The number of ketones is 1. The standard InChI is InChI=1S/C20H21NO2S/c1-12-11-14(5-10-18(12)24-15-6-7-15)19(22)17-9-8-16(13-3-4-13)20(21-17)23-2/h5,8-11,13,15H,3-4,6-7H2,1-2H3. The molecule has 0 unspecified atom stereocenters. The molecule has 2 saturated carbocycles. The summed E-state index contributed by atoms with van der Waals surface area (Å²) in [6.07, 6.45) is 4.99. The molecule has 3 nitrogen and oxygen atoms in total. The third-order valence-corrected chi connectivity index (χ3v) is 6.10. The van der Waals surface area contributed by atoms with Gasteiger partial charge >= 0.3 is 0 Å². The number of rotatable bonds is 6. The molecule has 1 heterocycles. The van der Waals surface area contributed by atoms with Gasteiger partial charge in [-0.3, -0.25) is 4.79 Å². The summed E-state index contributed by atoms with van der Waals surface area (Å²) in [5, 5.41) is 0.770. The van der Waals surface area contributed by atoms with Gasteiger partial charge in [0.05, 0.1) is 7.11 Å². The Balaban J connectivity index is 1.59. The van der Waals surface area contributed by atoms with E-state index in [1.165, 1.54) is 36.1 Å². The first kappa shape index (κ1) is 15.7. The Bertz CT molecular complexity index is 794. The Morgan fingerprint density at radius 1 is 1.17 bits per heavy atom. The number of carbonyl (C=O) groups excluding carboxylic acids is 1. The van der Waals surface area contributed by atoms with Crippen molar-refractivity contribution < 1.29 is 9.53 Å². The third-order valence-electron chi connectivity index (χ3n) is 4.59. The molecule has 0 atom stereocenters. The molecule has 1 aromatic heterocycles. The van der Waals surface area contributed by atoms with Crippen molar-refractivity contribution >= 4 is 17.5 Å². The number of hydrogen-bond donors (Lipinski definition) is 0. The Morgan fingerprint density at radius 2 is 1.96 bits per heavy atom. The van der Waals surface area contributed by atoms with E-state index < -0.39 is 0 Å². The van der Waals surface area contributed by atoms with Crippen LogP contribution in [0.4, 0.5) is 0 Å². The number of pyridine rings is 1. The molecule has 2 aliphatic carbocycles. The van der Waals surface area contributed by atoms with Crippen LogP contribution in [0.1, 0.15) is 58.8 Å². The van der Waals surface area contributed by atoms with Gasteiger partial charge in [0.25, 0.3) is 0 Å². The molecule has 4 rings (SSSR count). The summed E-state index contributed by atoms with van der Waals surface area (Å²) in [5.41, 5.74) is 3.44. The Labute approximate surface area is 146 Å². The number of ether oxygens (including phenoxy) is 1. The van der Waals surface area contributed by atoms with E-state index in [9.17, 15) is 4.79 Å². The van der Waals surface area contributed by atoms with Crippen LogP contribution in [0.3, 0.4) is 0 Å². The highest BCUT2D eigenvalue weighted by molar-refractivity contribution is 8.00. The van der Waals surface area contributed by atoms with Crippen LogP contribution < -0.4 is 4.74 Å². The number of benzene rings is 1. The molecule has 0 saturated heterocycles. The van der Waals surface area contributed by atoms with Gasteiger partial charge in [0, 0.05) is 21.3 Å². The smallest absolute Gasteiger partial charge is 0.217 e. The topological polar surface area (TPSA) is 39.2 Å². The zero-order valence-corrected chi connectivity index (χ0v) is 14.9. The van der Waals surface area contributed by atoms with Gasteiger partial charge in [-0.2, -0.15) is 0 Å². The Kier molecular flexibility index (Phi) is 4.09. The molecule has 0 spiro atoms. The van der Waals surface area contributed by atoms with E-state index in [0.717, 1.165) is 10.8 Å². The first-order valence-electron chi connectivity index (χ1n) is 8.52. The lowest BCUT2D eigenvalue weighted by atomic mass is 10.0. The monoisotopic (exact) mass is 339 g/mol. The highest BCUT2D eigenvalue weighted by Crippen LogP contribution is 2.44. The number of carbonyl (C=O) groups is 1. The molecule has 1 aromatic carbocycles. The molecule has 0 aliphatic heterocycles. The molecule has 0 amide bonds. The molecular weight excluding hydrogens is 318 g/mol. The summed E-state index contributed by atoms with van der Waals surface area (Å²) < 4.78 is 5.40. The van der Waals surface area contributed by atoms with Gasteiger partial charge < -0.3 is 4.74 Å². The summed E-state index contributed by atoms with van der Waals surface area (Å²) in [7, 11) is 1.62. The fourth-order valence-corrected chi connectivity index (χ4v) is 4.00. The van der Waals surface area contributed by atoms with Crippen LogP contribution >= 0.6 is 11.8 Å². The fourth-order valence-electron chi connectivity index (χ4n) is 2.88. The molecule has 2 aromatic rings. The number of aromatic nitrogens is 1. The predicted octanol–water partition coefficient (Wildman–Crippen LogP) is 4.76. The zero-order chi connectivity index (χ0) is 16.7. The van der Waals surface area contributed by atoms with Crippen molar-refractivity contribution in [2.75, 3.05) is 7.11 Å². The lowest BCUT2D eigenvalue weighted by Crippen LogP contribution is -2.07. The maximum atomic E-state index is 12.8. The van der Waals surface area contributed by atoms with Crippen LogP contribution in [0.2, 0.25) is 0 Å². The van der Waals surface area contributed by atoms with E-state index in [2.05, 4.69) is 18.0 Å². The molecular formula is C20H21NO2S. The maximum Gasteiger partial charge on any atom is 0.217 e. The van der Waals surface area contributed by atoms with E-state index in [4.69, 9.17) is 4.74 Å². The minimum atomic E-state index is -0.0401. The van der Waals surface area contributed by atoms with Crippen molar-refractivity contribution in [3.05, 3.63) is 52.7 Å². The van der Waals surface area contributed by atoms with Crippen LogP contribution in [0.15, 0.2) is 35.2 Å². The number of methoxy groups -OCH3 is 1. The number of aryl methyl sites for hydroxylation is 1. The van der Waals surface area contributed by atoms with Crippen molar-refractivity contribution in [3.63, 3.8) is 0 Å². The second-order valence-corrected chi connectivity index (χ2v) is 8.04. The molecule has 0 N–H and O–H groups in total. The van der Waals surface area contributed by atoms with Crippen LogP contribution in [-0.4, -0.2) is 23.1 Å². The van der Waals surface area contributed by atoms with Crippen molar-refractivity contribution in [3.8, 4) is 5.88 Å². The number of hydrogen-bond acceptors (Lipinski definition) is 4. The Hall–Kier alpha value is -1.81. The SMILES string of the molecule is COc1nc(C(=O)c2ccc(SC3CC3)c(C)c2)ccc1C1CC1. The molecule has 0 radical (unpaired) electrons. The third kappa shape index (κ3) is 3.20. The van der Waals surface area contributed by atoms with Crippen molar-refractivity contribution in [2.24, 2.45) is 0 Å². The average Bonchev–Trinajstić information content (AvgIpc) is 3.49. The van der Waals surface area contributed by atoms with Gasteiger partial charge in [0.15, 0.2) is 0 Å². The second kappa shape index (κ2) is 6.25. The van der Waals surface area contributed by atoms with E-state index in [-0.39, 0.29) is 5.78 Å². The van der Waals surface area contributed by atoms with Gasteiger partial charge in [-0.05, 0) is 68.4 Å². The molecule has 4 heteroatoms. The van der Waals surface area contributed by atoms with Gasteiger partial charge in [0.1, 0.15) is 5.69 Å². The summed E-state index contributed by atoms with van der Waals surface area (Å²) in [5.74, 6) is 1.11. The average molecular weight is 339 g/mol. The largest absolute Gasteiger partial charge is 0.481 e. The summed E-state index contributed by atoms with van der Waals surface area (Å²) in [6.45, 7) is 2.08. The van der Waals surface area contributed by atoms with E-state index in [1.807, 2.05) is 36.0 Å². The normalized spacial score (nSPS) is 16.9. The number of thioether (sulfide) groups is 1. The first-order valence-corrected chi connectivity index (χ1v) is 9.40. The number of nitrogens with zero attached hydrogens (tertiary/aromatic N) is 1. The second-order valence-electron chi connectivity index (χ2n) is 6.70. The molecule has 24 heavy (non-hydrogen) atoms. The summed E-state index contributed by atoms with van der Waals surface area (Å²) in [4.78, 5) is 18.5. The van der Waals surface area contributed by atoms with Crippen LogP contribution in [-0.2, 0) is 0 Å². The van der Waals surface area contributed by atoms with Gasteiger partial charge in [-0.25, -0.2) is 4.98 Å². The van der Waals surface area contributed by atoms with Gasteiger partial charge in [-0.1, -0.05) is 6.07 Å². The highest BCUT2D eigenvalue weighted by atomic mass is 32.2. The Morgan fingerprint density at radius 3 is 2.58 bits per heavy atom. The maximum absolute atomic E-state index is 12.8. The van der Waals surface area contributed by atoms with Crippen molar-refractivity contribution in [1.29, 1.82) is 0 Å². The molecule has 0 bridgehead atoms.